The molecule has 0 aromatic rings. The zero-order valence-electron chi connectivity index (χ0n) is 48.3. The Kier molecular flexibility index (Phi) is 18.2. The molecular formula is C53H101NO14Sn2. The van der Waals surface area contributed by atoms with Gasteiger partial charge in [-0.1, -0.05) is 0 Å². The van der Waals surface area contributed by atoms with Crippen LogP contribution in [0.25, 0.3) is 0 Å². The number of carbonyl (C=O) groups excluding carboxylic acids is 1. The van der Waals surface area contributed by atoms with Crippen LogP contribution in [-0.2, 0) is 45.5 Å². The van der Waals surface area contributed by atoms with Gasteiger partial charge in [0.15, 0.2) is 0 Å². The number of esters is 1. The molecule has 1 spiro atoms. The maximum absolute atomic E-state index is 15.4. The van der Waals surface area contributed by atoms with Crippen molar-refractivity contribution in [3.05, 3.63) is 0 Å². The Morgan fingerprint density at radius 2 is 1.29 bits per heavy atom. The number of cyclic esters (lactones) is 1. The molecule has 1 unspecified atom stereocenters. The van der Waals surface area contributed by atoms with Crippen molar-refractivity contribution in [3.8, 4) is 0 Å². The van der Waals surface area contributed by atoms with Gasteiger partial charge in [-0.15, -0.1) is 0 Å². The molecule has 0 aliphatic carbocycles. The van der Waals surface area contributed by atoms with Crippen molar-refractivity contribution in [1.82, 2.24) is 4.90 Å². The molecule has 17 heteroatoms. The average Bonchev–Trinajstić information content (AvgIpc) is 3.50. The molecule has 5 rings (SSSR count). The zero-order chi connectivity index (χ0) is 53.7. The Hall–Kier alpha value is 0.547. The second kappa shape index (κ2) is 20.7. The third kappa shape index (κ3) is 10.6. The first-order chi connectivity index (χ1) is 31.6. The molecular weight excluding hydrogens is 1110 g/mol. The Morgan fingerprint density at radius 1 is 0.757 bits per heavy atom. The predicted molar refractivity (Wildman–Crippen MR) is 274 cm³/mol. The van der Waals surface area contributed by atoms with E-state index >= 15 is 4.79 Å². The maximum atomic E-state index is 15.4. The first-order valence-corrected chi connectivity index (χ1v) is 36.8. The van der Waals surface area contributed by atoms with Crippen molar-refractivity contribution < 1.29 is 60.8 Å². The van der Waals surface area contributed by atoms with Gasteiger partial charge in [0.05, 0.1) is 0 Å². The zero-order valence-corrected chi connectivity index (χ0v) is 54.0. The van der Waals surface area contributed by atoms with E-state index in [0.717, 1.165) is 0 Å². The molecule has 19 atom stereocenters. The van der Waals surface area contributed by atoms with Crippen molar-refractivity contribution >= 4 is 44.4 Å². The Balaban J connectivity index is 1.91. The number of methoxy groups -OCH3 is 1. The monoisotopic (exact) mass is 1220 g/mol. The first-order valence-electron chi connectivity index (χ1n) is 26.5. The minimum absolute atomic E-state index is 0.163. The van der Waals surface area contributed by atoms with Crippen molar-refractivity contribution in [3.63, 3.8) is 0 Å². The van der Waals surface area contributed by atoms with Gasteiger partial charge in [-0.2, -0.15) is 0 Å². The number of likely N-dealkylation sites (N-methyl/N-ethyl adjacent to an activating group) is 1. The standard InChI is InChI=1S/C37H65NO13.4C4H9.O.2Sn/c1-14-25-36(10,43)29(40)22(6)37(44)18(2)16-35(9,51-37)31(50-33-27(39)24(38(11)12)15-19(3)46-33)20(4)28(21(5)32(42)48-25)49-26-17-34(8,45-13)30(41)23(7)47-26;4*1-4(2)3;;;/h18-31,33,39-41H,14-17H2,1-13H3;4*1-3H3;;;/q-2;;;;;;2*+1/t18-,19-,20+,21-,22-,23+,24+,25?,26+,27-,28+,29-,30+,31-,33+,34-,35-,36-,37-;;;;;;;/m1......./s1. The van der Waals surface area contributed by atoms with E-state index in [9.17, 15) is 15.3 Å². The van der Waals surface area contributed by atoms with Crippen LogP contribution in [0.2, 0.25) is 13.7 Å². The molecule has 0 saturated carbocycles. The summed E-state index contributed by atoms with van der Waals surface area (Å²) in [6.07, 6.45) is -7.65. The first kappa shape index (κ1) is 61.4. The summed E-state index contributed by atoms with van der Waals surface area (Å²) in [4.78, 5) is 17.4. The summed E-state index contributed by atoms with van der Waals surface area (Å²) in [6, 6.07) is -0.281. The number of carbonyl (C=O) groups is 1. The van der Waals surface area contributed by atoms with E-state index in [1.807, 2.05) is 67.5 Å². The fourth-order valence-electron chi connectivity index (χ4n) is 13.7. The van der Waals surface area contributed by atoms with Gasteiger partial charge in [0.25, 0.3) is 0 Å². The summed E-state index contributed by atoms with van der Waals surface area (Å²) in [5.41, 5.74) is -3.79. The van der Waals surface area contributed by atoms with Gasteiger partial charge in [-0.05, 0) is 0 Å². The molecule has 410 valence electrons. The third-order valence-electron chi connectivity index (χ3n) is 17.5. The number of ether oxygens (including phenoxy) is 7. The average molecular weight is 1210 g/mol. The topological polar surface area (TPSA) is 173 Å². The molecule has 0 aromatic heterocycles. The van der Waals surface area contributed by atoms with Crippen LogP contribution < -0.4 is 0 Å². The molecule has 70 heavy (non-hydrogen) atoms. The Labute approximate surface area is 434 Å². The molecule has 0 radical (unpaired) electrons. The van der Waals surface area contributed by atoms with Crippen molar-refractivity contribution in [1.29, 1.82) is 0 Å². The van der Waals surface area contributed by atoms with E-state index < -0.39 is 154 Å². The van der Waals surface area contributed by atoms with Gasteiger partial charge >= 0.3 is 425 Å². The molecule has 5 aliphatic heterocycles. The number of aliphatic hydroxyl groups is 3. The second-order valence-electron chi connectivity index (χ2n) is 27.3. The third-order valence-corrected chi connectivity index (χ3v) is 56.5. The molecule has 5 fully saturated rings. The Bertz CT molecular complexity index is 1790. The van der Waals surface area contributed by atoms with Crippen LogP contribution in [0.1, 0.15) is 178 Å². The predicted octanol–water partition coefficient (Wildman–Crippen LogP) is 9.11. The van der Waals surface area contributed by atoms with Crippen molar-refractivity contribution in [2.45, 2.75) is 282 Å². The summed E-state index contributed by atoms with van der Waals surface area (Å²) >= 11 is -9.97. The van der Waals surface area contributed by atoms with Crippen LogP contribution >= 0.6 is 0 Å². The van der Waals surface area contributed by atoms with Crippen LogP contribution in [0.4, 0.5) is 0 Å². The normalized spacial score (nSPS) is 45.7. The molecule has 3 N–H and O–H groups in total. The van der Waals surface area contributed by atoms with Gasteiger partial charge in [0.2, 0.25) is 0 Å². The van der Waals surface area contributed by atoms with E-state index in [2.05, 4.69) is 90.0 Å². The summed E-state index contributed by atoms with van der Waals surface area (Å²) in [5.74, 6) is -4.85. The van der Waals surface area contributed by atoms with Crippen LogP contribution in [0.15, 0.2) is 0 Å². The fourth-order valence-corrected chi connectivity index (χ4v) is 72.7. The van der Waals surface area contributed by atoms with Crippen LogP contribution in [0, 0.1) is 23.7 Å². The molecule has 5 heterocycles. The minimum atomic E-state index is -5.00. The van der Waals surface area contributed by atoms with Gasteiger partial charge in [0, 0.05) is 7.11 Å². The number of fused-ring (bicyclic) bond motifs is 3. The summed E-state index contributed by atoms with van der Waals surface area (Å²) < 4.78 is 71.0. The van der Waals surface area contributed by atoms with Gasteiger partial charge in [-0.25, -0.2) is 0 Å². The number of aliphatic hydroxyl groups excluding tert-OH is 3. The van der Waals surface area contributed by atoms with Crippen LogP contribution in [-0.4, -0.2) is 176 Å². The summed E-state index contributed by atoms with van der Waals surface area (Å²) in [7, 11) is 5.44. The fraction of sp³-hybridized carbons (Fsp3) is 0.981. The number of nitrogens with zero attached hydrogens (tertiary/aromatic N) is 1. The summed E-state index contributed by atoms with van der Waals surface area (Å²) in [5, 5.41) is 37.1. The molecule has 5 saturated heterocycles. The van der Waals surface area contributed by atoms with Crippen molar-refractivity contribution in [2.24, 2.45) is 23.7 Å². The number of hydrogen-bond donors (Lipinski definition) is 3. The SMILES string of the molecule is CCC1OC(=O)[C@H](C)[C@@H](O[C@H]2C[C@@](C)(OC)[C@@H](O)[C@H](C)O2)[C@H](C)[C@@H](O[C@@H]2O[C@H](C)C[C@H](N(C)C)[C@H]2O)[C@@]2(C)C[C@@H](C)[C@]3(O2)[O][Sn]([C](C)(C)C)([C](C)(C)C)[O][Sn]([C](C)(C)C)([C](C)(C)C)[O][C@@]1(C)[C@H](O)[C@H]3C. The molecule has 0 amide bonds. The Morgan fingerprint density at radius 3 is 1.77 bits per heavy atom. The van der Waals surface area contributed by atoms with Gasteiger partial charge in [-0.3, -0.25) is 0 Å². The van der Waals surface area contributed by atoms with E-state index in [1.54, 1.807) is 21.0 Å². The molecule has 15 nitrogen and oxygen atoms in total. The molecule has 5 aliphatic rings. The number of hydrogen-bond acceptors (Lipinski definition) is 15. The summed E-state index contributed by atoms with van der Waals surface area (Å²) in [6.45, 7) is 46.0. The van der Waals surface area contributed by atoms with Crippen LogP contribution in [0.5, 0.6) is 0 Å². The second-order valence-corrected chi connectivity index (χ2v) is 57.2. The quantitative estimate of drug-likeness (QED) is 0.163. The molecule has 3 bridgehead atoms. The van der Waals surface area contributed by atoms with Gasteiger partial charge in [0.1, 0.15) is 0 Å². The number of rotatable bonds is 7. The van der Waals surface area contributed by atoms with E-state index in [0.29, 0.717) is 19.3 Å². The van der Waals surface area contributed by atoms with E-state index in [1.165, 1.54) is 0 Å². The van der Waals surface area contributed by atoms with Gasteiger partial charge < -0.3 is 5.11 Å². The van der Waals surface area contributed by atoms with Crippen molar-refractivity contribution in [2.75, 3.05) is 21.2 Å². The van der Waals surface area contributed by atoms with Crippen LogP contribution in [0.3, 0.4) is 0 Å². The molecule has 0 aromatic carbocycles. The van der Waals surface area contributed by atoms with E-state index in [-0.39, 0.29) is 24.5 Å². The van der Waals surface area contributed by atoms with E-state index in [4.69, 9.17) is 40.7 Å².